The van der Waals surface area contributed by atoms with Crippen molar-refractivity contribution in [1.29, 1.82) is 0 Å². The Morgan fingerprint density at radius 2 is 1.14 bits per heavy atom. The Hall–Kier alpha value is -8.34. The van der Waals surface area contributed by atoms with Crippen molar-refractivity contribution in [3.8, 4) is 44.8 Å². The van der Waals surface area contributed by atoms with E-state index in [0.717, 1.165) is 57.8 Å². The van der Waals surface area contributed by atoms with Gasteiger partial charge in [0.05, 0.1) is 17.1 Å². The first-order valence-electron chi connectivity index (χ1n) is 22.5. The van der Waals surface area contributed by atoms with Gasteiger partial charge in [0.15, 0.2) is 0 Å². The molecule has 1 N–H and O–H groups in total. The lowest BCUT2D eigenvalue weighted by molar-refractivity contribution is 0.966. The molecule has 12 rings (SSSR count). The third kappa shape index (κ3) is 6.88. The summed E-state index contributed by atoms with van der Waals surface area (Å²) in [5, 5.41) is 9.70. The number of rotatable bonds is 7. The molecule has 65 heavy (non-hydrogen) atoms. The highest BCUT2D eigenvalue weighted by Crippen LogP contribution is 2.45. The number of aromatic amines is 1. The Balaban J connectivity index is 0.961. The molecule has 4 heteroatoms. The predicted molar refractivity (Wildman–Crippen MR) is 272 cm³/mol. The van der Waals surface area contributed by atoms with Gasteiger partial charge < -0.3 is 4.98 Å². The number of pyridine rings is 2. The maximum atomic E-state index is 5.19. The summed E-state index contributed by atoms with van der Waals surface area (Å²) in [5.41, 5.74) is 15.6. The van der Waals surface area contributed by atoms with Gasteiger partial charge >= 0.3 is 0 Å². The maximum absolute atomic E-state index is 5.19. The first-order chi connectivity index (χ1) is 32.1. The molecular formula is C61H44N4. The molecule has 1 aliphatic rings. The molecule has 4 nitrogen and oxygen atoms in total. The van der Waals surface area contributed by atoms with E-state index in [9.17, 15) is 0 Å². The van der Waals surface area contributed by atoms with Gasteiger partial charge in [0.1, 0.15) is 11.1 Å². The highest BCUT2D eigenvalue weighted by Gasteiger charge is 2.20. The monoisotopic (exact) mass is 832 g/mol. The fourth-order valence-electron chi connectivity index (χ4n) is 9.92. The minimum absolute atomic E-state index is 0.835. The molecule has 0 bridgehead atoms. The van der Waals surface area contributed by atoms with Crippen molar-refractivity contribution in [2.24, 2.45) is 4.99 Å². The van der Waals surface area contributed by atoms with Crippen molar-refractivity contribution in [2.45, 2.75) is 19.8 Å². The molecule has 0 amide bonds. The summed E-state index contributed by atoms with van der Waals surface area (Å²) < 4.78 is 2.19. The van der Waals surface area contributed by atoms with E-state index in [-0.39, 0.29) is 0 Å². The molecule has 308 valence electrons. The van der Waals surface area contributed by atoms with E-state index in [0.29, 0.717) is 0 Å². The third-order valence-electron chi connectivity index (χ3n) is 13.1. The average molecular weight is 833 g/mol. The topological polar surface area (TPSA) is 45.5 Å². The van der Waals surface area contributed by atoms with Crippen LogP contribution >= 0.6 is 0 Å². The number of nitrogens with one attached hydrogen (secondary N) is 1. The normalized spacial score (nSPS) is 13.6. The minimum Gasteiger partial charge on any atom is -0.347 e. The molecule has 0 unspecified atom stereocenters. The highest BCUT2D eigenvalue weighted by molar-refractivity contribution is 6.22. The second-order valence-electron chi connectivity index (χ2n) is 17.0. The van der Waals surface area contributed by atoms with Crippen molar-refractivity contribution >= 4 is 54.4 Å². The van der Waals surface area contributed by atoms with Gasteiger partial charge in [-0.3, -0.25) is 4.40 Å². The zero-order chi connectivity index (χ0) is 43.3. The number of H-pyrrole nitrogens is 1. The average Bonchev–Trinajstić information content (AvgIpc) is 3.77. The van der Waals surface area contributed by atoms with E-state index >= 15 is 0 Å². The van der Waals surface area contributed by atoms with Gasteiger partial charge in [-0.05, 0) is 145 Å². The second-order valence-corrected chi connectivity index (χ2v) is 17.0. The molecule has 0 atom stereocenters. The van der Waals surface area contributed by atoms with Crippen LogP contribution in [0.1, 0.15) is 25.3 Å². The summed E-state index contributed by atoms with van der Waals surface area (Å²) in [6.07, 6.45) is 12.7. The van der Waals surface area contributed by atoms with Crippen LogP contribution in [0.4, 0.5) is 0 Å². The number of hydrogen-bond donors (Lipinski definition) is 1. The maximum Gasteiger partial charge on any atom is 0.137 e. The molecule has 0 radical (unpaired) electrons. The van der Waals surface area contributed by atoms with E-state index in [1.54, 1.807) is 0 Å². The van der Waals surface area contributed by atoms with Gasteiger partial charge in [-0.2, -0.15) is 0 Å². The molecule has 8 aromatic carbocycles. The highest BCUT2D eigenvalue weighted by atomic mass is 15.0. The van der Waals surface area contributed by atoms with Crippen molar-refractivity contribution in [3.63, 3.8) is 0 Å². The van der Waals surface area contributed by atoms with Crippen molar-refractivity contribution < 1.29 is 0 Å². The van der Waals surface area contributed by atoms with Gasteiger partial charge in [-0.1, -0.05) is 158 Å². The van der Waals surface area contributed by atoms with Crippen LogP contribution in [0.5, 0.6) is 0 Å². The lowest BCUT2D eigenvalue weighted by Crippen LogP contribution is -2.06. The van der Waals surface area contributed by atoms with Crippen molar-refractivity contribution in [1.82, 2.24) is 14.4 Å². The Morgan fingerprint density at radius 1 is 0.554 bits per heavy atom. The molecule has 3 aromatic heterocycles. The van der Waals surface area contributed by atoms with Gasteiger partial charge in [0.2, 0.25) is 0 Å². The summed E-state index contributed by atoms with van der Waals surface area (Å²) in [5.74, 6) is 0. The number of aromatic nitrogens is 3. The summed E-state index contributed by atoms with van der Waals surface area (Å²) in [7, 11) is 0. The third-order valence-corrected chi connectivity index (χ3v) is 13.1. The Morgan fingerprint density at radius 3 is 1.77 bits per heavy atom. The van der Waals surface area contributed by atoms with Crippen LogP contribution < -0.4 is 5.49 Å². The Kier molecular flexibility index (Phi) is 9.49. The number of benzene rings is 8. The van der Waals surface area contributed by atoms with Gasteiger partial charge in [0.25, 0.3) is 0 Å². The largest absolute Gasteiger partial charge is 0.347 e. The fraction of sp³-hybridized carbons (Fsp3) is 0.0492. The Labute approximate surface area is 377 Å². The lowest BCUT2D eigenvalue weighted by atomic mass is 9.85. The zero-order valence-corrected chi connectivity index (χ0v) is 36.0. The van der Waals surface area contributed by atoms with Gasteiger partial charge in [-0.25, -0.2) is 9.98 Å². The zero-order valence-electron chi connectivity index (χ0n) is 36.0. The van der Waals surface area contributed by atoms with Crippen molar-refractivity contribution in [2.75, 3.05) is 0 Å². The van der Waals surface area contributed by atoms with Crippen LogP contribution in [0.2, 0.25) is 0 Å². The lowest BCUT2D eigenvalue weighted by Gasteiger charge is -2.18. The van der Waals surface area contributed by atoms with Crippen LogP contribution in [0, 0.1) is 0 Å². The molecule has 0 fully saturated rings. The minimum atomic E-state index is 0.835. The molecule has 0 spiro atoms. The molecule has 1 aliphatic carbocycles. The standard InChI is InChI=1S/C61H44N4/c1-40(41-16-4-2-5-17-41)59(63-55-24-12-14-34-62-55)49-32-28-43-36-47(30-26-45(43)38-49)57-51-20-8-10-22-53(51)58(54-23-11-9-21-52(54)57)48-31-27-46-39-50(33-29-44(46)37-48)60-61(42-18-6-3-7-19-42)65-35-15-13-25-56(65)64-60/h2-4,6-16,18-39H,5,17H2,1H3,(H,62,63)/b59-40+. The van der Waals surface area contributed by atoms with E-state index in [4.69, 9.17) is 9.98 Å². The SMILES string of the molecule is C/C(C1=CC=CCC1)=C(\N=c1cccc[nH]1)c1ccc2cc(-c3c4ccccc4c(-c4ccc5cc(-c6nc7ccccn7c6-c6ccccc6)ccc5c4)c4ccccc34)ccc2c1. The first-order valence-corrected chi connectivity index (χ1v) is 22.5. The smallest absolute Gasteiger partial charge is 0.137 e. The predicted octanol–water partition coefficient (Wildman–Crippen LogP) is 15.6. The quantitative estimate of drug-likeness (QED) is 0.160. The van der Waals surface area contributed by atoms with E-state index in [1.165, 1.54) is 76.5 Å². The summed E-state index contributed by atoms with van der Waals surface area (Å²) in [6, 6.07) is 68.1. The Bertz CT molecular complexity index is 3770. The molecule has 0 aliphatic heterocycles. The fourth-order valence-corrected chi connectivity index (χ4v) is 9.92. The van der Waals surface area contributed by atoms with Crippen LogP contribution in [0.25, 0.3) is 99.2 Å². The van der Waals surface area contributed by atoms with Crippen LogP contribution in [0.3, 0.4) is 0 Å². The summed E-state index contributed by atoms with van der Waals surface area (Å²) >= 11 is 0. The van der Waals surface area contributed by atoms with E-state index in [1.807, 2.05) is 30.5 Å². The summed E-state index contributed by atoms with van der Waals surface area (Å²) in [4.78, 5) is 13.7. The molecule has 11 aromatic rings. The molecule has 3 heterocycles. The molecule has 0 saturated heterocycles. The van der Waals surface area contributed by atoms with E-state index < -0.39 is 0 Å². The summed E-state index contributed by atoms with van der Waals surface area (Å²) in [6.45, 7) is 2.21. The molecule has 0 saturated carbocycles. The number of imidazole rings is 1. The van der Waals surface area contributed by atoms with Gasteiger partial charge in [-0.15, -0.1) is 0 Å². The van der Waals surface area contributed by atoms with E-state index in [2.05, 4.69) is 205 Å². The molecular weight excluding hydrogens is 789 g/mol. The van der Waals surface area contributed by atoms with Crippen LogP contribution in [-0.4, -0.2) is 14.4 Å². The number of hydrogen-bond acceptors (Lipinski definition) is 2. The number of nitrogens with zero attached hydrogens (tertiary/aromatic N) is 3. The van der Waals surface area contributed by atoms with Gasteiger partial charge in [0, 0.05) is 29.1 Å². The van der Waals surface area contributed by atoms with Crippen LogP contribution in [0.15, 0.2) is 235 Å². The number of fused-ring (bicyclic) bond motifs is 5. The number of allylic oxidation sites excluding steroid dienone is 5. The second kappa shape index (κ2) is 16.1. The first kappa shape index (κ1) is 38.3. The van der Waals surface area contributed by atoms with Crippen LogP contribution in [-0.2, 0) is 0 Å². The van der Waals surface area contributed by atoms with Crippen molar-refractivity contribution in [3.05, 3.63) is 241 Å².